The van der Waals surface area contributed by atoms with Gasteiger partial charge in [-0.1, -0.05) is 24.3 Å². The Kier molecular flexibility index (Phi) is 1.66. The Balaban J connectivity index is 1.93. The Morgan fingerprint density at radius 2 is 2.00 bits per heavy atom. The van der Waals surface area contributed by atoms with E-state index in [1.807, 2.05) is 0 Å². The smallest absolute Gasteiger partial charge is 0.000237 e. The van der Waals surface area contributed by atoms with Gasteiger partial charge in [0.05, 0.1) is 0 Å². The van der Waals surface area contributed by atoms with E-state index in [1.165, 1.54) is 25.9 Å². The Morgan fingerprint density at radius 1 is 1.15 bits per heavy atom. The van der Waals surface area contributed by atoms with Crippen LogP contribution in [0.1, 0.15) is 23.5 Å². The van der Waals surface area contributed by atoms with E-state index in [-0.39, 0.29) is 0 Å². The normalized spacial score (nSPS) is 26.9. The third-order valence-corrected chi connectivity index (χ3v) is 3.56. The summed E-state index contributed by atoms with van der Waals surface area (Å²) in [4.78, 5) is 0. The molecule has 1 atom stereocenters. The predicted molar refractivity (Wildman–Crippen MR) is 53.9 cm³/mol. The van der Waals surface area contributed by atoms with Crippen molar-refractivity contribution in [3.05, 3.63) is 35.4 Å². The van der Waals surface area contributed by atoms with E-state index >= 15 is 0 Å². The van der Waals surface area contributed by atoms with Crippen LogP contribution in [0.2, 0.25) is 0 Å². The highest BCUT2D eigenvalue weighted by Gasteiger charge is 2.32. The molecule has 1 aliphatic heterocycles. The fourth-order valence-electron chi connectivity index (χ4n) is 2.68. The van der Waals surface area contributed by atoms with Gasteiger partial charge in [0.15, 0.2) is 0 Å². The van der Waals surface area contributed by atoms with Crippen LogP contribution < -0.4 is 5.32 Å². The van der Waals surface area contributed by atoms with Crippen LogP contribution in [-0.2, 0) is 6.42 Å². The summed E-state index contributed by atoms with van der Waals surface area (Å²) in [6.45, 7) is 2.47. The van der Waals surface area contributed by atoms with Crippen molar-refractivity contribution in [3.8, 4) is 0 Å². The van der Waals surface area contributed by atoms with Crippen molar-refractivity contribution in [3.63, 3.8) is 0 Å². The molecule has 0 bridgehead atoms. The van der Waals surface area contributed by atoms with E-state index in [1.54, 1.807) is 11.1 Å². The summed E-state index contributed by atoms with van der Waals surface area (Å²) in [5.41, 5.74) is 3.23. The highest BCUT2D eigenvalue weighted by atomic mass is 15.0. The molecule has 1 aromatic carbocycles. The highest BCUT2D eigenvalue weighted by molar-refractivity contribution is 5.35. The maximum atomic E-state index is 3.37. The summed E-state index contributed by atoms with van der Waals surface area (Å²) in [7, 11) is 0. The standard InChI is InChI=1S/C12H15N/c1-2-4-11-9(3-1)5-6-12(11)10-7-13-8-10/h1-4,10,12-13H,5-8H2. The predicted octanol–water partition coefficient (Wildman–Crippen LogP) is 1.94. The quantitative estimate of drug-likeness (QED) is 0.684. The number of aryl methyl sites for hydroxylation is 1. The maximum absolute atomic E-state index is 3.37. The molecule has 1 heteroatoms. The van der Waals surface area contributed by atoms with Crippen molar-refractivity contribution in [2.45, 2.75) is 18.8 Å². The summed E-state index contributed by atoms with van der Waals surface area (Å²) >= 11 is 0. The van der Waals surface area contributed by atoms with Crippen LogP contribution >= 0.6 is 0 Å². The molecule has 1 heterocycles. The lowest BCUT2D eigenvalue weighted by Crippen LogP contribution is -2.44. The largest absolute Gasteiger partial charge is 0.316 e. The molecule has 1 aliphatic carbocycles. The number of rotatable bonds is 1. The Labute approximate surface area is 79.2 Å². The van der Waals surface area contributed by atoms with Crippen molar-refractivity contribution in [2.24, 2.45) is 5.92 Å². The van der Waals surface area contributed by atoms with Crippen LogP contribution in [-0.4, -0.2) is 13.1 Å². The molecule has 0 radical (unpaired) electrons. The lowest BCUT2D eigenvalue weighted by molar-refractivity contribution is 0.290. The minimum absolute atomic E-state index is 0.859. The fourth-order valence-corrected chi connectivity index (χ4v) is 2.68. The van der Waals surface area contributed by atoms with Crippen LogP contribution in [0.5, 0.6) is 0 Å². The van der Waals surface area contributed by atoms with Crippen LogP contribution in [0.4, 0.5) is 0 Å². The lowest BCUT2D eigenvalue weighted by atomic mass is 9.83. The minimum Gasteiger partial charge on any atom is -0.316 e. The Hall–Kier alpha value is -0.820. The molecule has 1 fully saturated rings. The molecule has 1 nitrogen and oxygen atoms in total. The van der Waals surface area contributed by atoms with Crippen molar-refractivity contribution in [1.29, 1.82) is 0 Å². The van der Waals surface area contributed by atoms with Gasteiger partial charge in [0.25, 0.3) is 0 Å². The van der Waals surface area contributed by atoms with Gasteiger partial charge in [-0.2, -0.15) is 0 Å². The molecule has 1 N–H and O–H groups in total. The first-order valence-corrected chi connectivity index (χ1v) is 5.23. The molecule has 1 aromatic rings. The summed E-state index contributed by atoms with van der Waals surface area (Å²) in [6.07, 6.45) is 2.68. The average Bonchev–Trinajstić information content (AvgIpc) is 2.47. The molecule has 0 spiro atoms. The van der Waals surface area contributed by atoms with E-state index in [0.717, 1.165) is 11.8 Å². The molecular weight excluding hydrogens is 158 g/mol. The van der Waals surface area contributed by atoms with E-state index in [9.17, 15) is 0 Å². The van der Waals surface area contributed by atoms with Crippen molar-refractivity contribution in [2.75, 3.05) is 13.1 Å². The number of hydrogen-bond acceptors (Lipinski definition) is 1. The van der Waals surface area contributed by atoms with Gasteiger partial charge in [-0.3, -0.25) is 0 Å². The van der Waals surface area contributed by atoms with Gasteiger partial charge in [0, 0.05) is 0 Å². The van der Waals surface area contributed by atoms with Crippen molar-refractivity contribution in [1.82, 2.24) is 5.32 Å². The van der Waals surface area contributed by atoms with Gasteiger partial charge in [0.2, 0.25) is 0 Å². The minimum atomic E-state index is 0.859. The Morgan fingerprint density at radius 3 is 2.77 bits per heavy atom. The first-order chi connectivity index (χ1) is 6.45. The first-order valence-electron chi connectivity index (χ1n) is 5.23. The van der Waals surface area contributed by atoms with Gasteiger partial charge in [0.1, 0.15) is 0 Å². The van der Waals surface area contributed by atoms with Gasteiger partial charge in [-0.25, -0.2) is 0 Å². The summed E-state index contributed by atoms with van der Waals surface area (Å²) in [5, 5.41) is 3.37. The SMILES string of the molecule is c1ccc2c(c1)CCC2C1CNC1. The van der Waals surface area contributed by atoms with E-state index in [0.29, 0.717) is 0 Å². The van der Waals surface area contributed by atoms with Crippen LogP contribution in [0.25, 0.3) is 0 Å². The summed E-state index contributed by atoms with van der Waals surface area (Å²) < 4.78 is 0. The van der Waals surface area contributed by atoms with Gasteiger partial charge < -0.3 is 5.32 Å². The van der Waals surface area contributed by atoms with E-state index in [4.69, 9.17) is 0 Å². The fraction of sp³-hybridized carbons (Fsp3) is 0.500. The first kappa shape index (κ1) is 7.57. The molecular formula is C12H15N. The monoisotopic (exact) mass is 173 g/mol. The molecule has 0 aromatic heterocycles. The van der Waals surface area contributed by atoms with Gasteiger partial charge in [-0.15, -0.1) is 0 Å². The third-order valence-electron chi connectivity index (χ3n) is 3.56. The van der Waals surface area contributed by atoms with Crippen molar-refractivity contribution >= 4 is 0 Å². The summed E-state index contributed by atoms with van der Waals surface area (Å²) in [6, 6.07) is 8.97. The average molecular weight is 173 g/mol. The van der Waals surface area contributed by atoms with Gasteiger partial charge >= 0.3 is 0 Å². The summed E-state index contributed by atoms with van der Waals surface area (Å²) in [5.74, 6) is 1.78. The maximum Gasteiger partial charge on any atom is -0.000237 e. The molecule has 1 saturated heterocycles. The number of benzene rings is 1. The molecule has 0 saturated carbocycles. The molecule has 1 unspecified atom stereocenters. The lowest BCUT2D eigenvalue weighted by Gasteiger charge is -2.33. The molecule has 68 valence electrons. The third kappa shape index (κ3) is 1.11. The number of nitrogens with one attached hydrogen (secondary N) is 1. The Bertz CT molecular complexity index is 315. The topological polar surface area (TPSA) is 12.0 Å². The second-order valence-electron chi connectivity index (χ2n) is 4.26. The molecule has 3 rings (SSSR count). The van der Waals surface area contributed by atoms with E-state index < -0.39 is 0 Å². The zero-order chi connectivity index (χ0) is 8.67. The van der Waals surface area contributed by atoms with Gasteiger partial charge in [-0.05, 0) is 48.9 Å². The highest BCUT2D eigenvalue weighted by Crippen LogP contribution is 2.39. The second kappa shape index (κ2) is 2.85. The second-order valence-corrected chi connectivity index (χ2v) is 4.26. The van der Waals surface area contributed by atoms with Crippen LogP contribution in [0.3, 0.4) is 0 Å². The van der Waals surface area contributed by atoms with Crippen LogP contribution in [0.15, 0.2) is 24.3 Å². The van der Waals surface area contributed by atoms with Crippen molar-refractivity contribution < 1.29 is 0 Å². The van der Waals surface area contributed by atoms with E-state index in [2.05, 4.69) is 29.6 Å². The van der Waals surface area contributed by atoms with Crippen LogP contribution in [0, 0.1) is 5.92 Å². The number of hydrogen-bond donors (Lipinski definition) is 1. The zero-order valence-electron chi connectivity index (χ0n) is 7.79. The zero-order valence-corrected chi connectivity index (χ0v) is 7.79. The molecule has 13 heavy (non-hydrogen) atoms. The number of fused-ring (bicyclic) bond motifs is 1. The molecule has 2 aliphatic rings. The molecule has 0 amide bonds.